The Morgan fingerprint density at radius 3 is 2.90 bits per heavy atom. The number of hydrogen-bond donors (Lipinski definition) is 2. The molecular weight excluding hydrogens is 322 g/mol. The Hall–Kier alpha value is -0.950. The van der Waals surface area contributed by atoms with Gasteiger partial charge in [0, 0.05) is 29.7 Å². The van der Waals surface area contributed by atoms with E-state index in [0.29, 0.717) is 5.56 Å². The van der Waals surface area contributed by atoms with Gasteiger partial charge in [-0.05, 0) is 31.5 Å². The summed E-state index contributed by atoms with van der Waals surface area (Å²) in [4.78, 5) is 13.8. The highest BCUT2D eigenvalue weighted by Crippen LogP contribution is 2.23. The normalized spacial score (nSPS) is 18.8. The lowest BCUT2D eigenvalue weighted by Crippen LogP contribution is -2.47. The number of carbonyl (C=O) groups excluding carboxylic acids is 1. The molecule has 110 valence electrons. The van der Waals surface area contributed by atoms with Crippen molar-refractivity contribution in [1.82, 2.24) is 10.3 Å². The Kier molecular flexibility index (Phi) is 4.80. The largest absolute Gasteiger partial charge is 0.373 e. The summed E-state index contributed by atoms with van der Waals surface area (Å²) < 4.78 is 6.63. The molecule has 1 amide bonds. The molecule has 20 heavy (non-hydrogen) atoms. The Balaban J connectivity index is 2.08. The number of nitrogens with one attached hydrogen (secondary N) is 1. The van der Waals surface area contributed by atoms with Crippen molar-refractivity contribution in [2.24, 2.45) is 5.84 Å². The van der Waals surface area contributed by atoms with Crippen molar-refractivity contribution in [2.75, 3.05) is 19.7 Å². The summed E-state index contributed by atoms with van der Waals surface area (Å²) in [7, 11) is 0. The molecule has 0 spiro atoms. The second-order valence-corrected chi connectivity index (χ2v) is 6.45. The predicted molar refractivity (Wildman–Crippen MR) is 81.1 cm³/mol. The maximum Gasteiger partial charge on any atom is 0.265 e. The SMILES string of the molecule is CC1(C)CN(Cc2ccc(C(=O)NN)cc2Br)CCO1. The summed E-state index contributed by atoms with van der Waals surface area (Å²) in [6.07, 6.45) is 0. The van der Waals surface area contributed by atoms with Crippen LogP contribution >= 0.6 is 15.9 Å². The van der Waals surface area contributed by atoms with Gasteiger partial charge in [0.05, 0.1) is 12.2 Å². The van der Waals surface area contributed by atoms with E-state index in [0.717, 1.165) is 36.3 Å². The van der Waals surface area contributed by atoms with Gasteiger partial charge in [-0.2, -0.15) is 0 Å². The Morgan fingerprint density at radius 1 is 1.55 bits per heavy atom. The third kappa shape index (κ3) is 3.79. The fourth-order valence-electron chi connectivity index (χ4n) is 2.39. The molecule has 1 aliphatic rings. The van der Waals surface area contributed by atoms with Crippen molar-refractivity contribution in [3.05, 3.63) is 33.8 Å². The second-order valence-electron chi connectivity index (χ2n) is 5.60. The number of hydrazine groups is 1. The van der Waals surface area contributed by atoms with Crippen LogP contribution in [-0.4, -0.2) is 36.1 Å². The average Bonchev–Trinajstić information content (AvgIpc) is 2.39. The Bertz CT molecular complexity index is 505. The number of halogens is 1. The number of carbonyl (C=O) groups is 1. The Labute approximate surface area is 127 Å². The highest BCUT2D eigenvalue weighted by atomic mass is 79.9. The minimum Gasteiger partial charge on any atom is -0.373 e. The van der Waals surface area contributed by atoms with Crippen molar-refractivity contribution in [2.45, 2.75) is 26.0 Å². The monoisotopic (exact) mass is 341 g/mol. The first-order valence-corrected chi connectivity index (χ1v) is 7.36. The summed E-state index contributed by atoms with van der Waals surface area (Å²) in [5.41, 5.74) is 3.72. The molecule has 0 radical (unpaired) electrons. The van der Waals surface area contributed by atoms with Crippen molar-refractivity contribution in [1.29, 1.82) is 0 Å². The van der Waals surface area contributed by atoms with Crippen LogP contribution in [0.5, 0.6) is 0 Å². The van der Waals surface area contributed by atoms with Crippen molar-refractivity contribution >= 4 is 21.8 Å². The maximum absolute atomic E-state index is 11.5. The molecule has 0 unspecified atom stereocenters. The van der Waals surface area contributed by atoms with Gasteiger partial charge in [-0.3, -0.25) is 15.1 Å². The lowest BCUT2D eigenvalue weighted by atomic mass is 10.1. The first-order chi connectivity index (χ1) is 9.41. The van der Waals surface area contributed by atoms with Crippen LogP contribution in [0.2, 0.25) is 0 Å². The van der Waals surface area contributed by atoms with E-state index < -0.39 is 0 Å². The molecule has 5 nitrogen and oxygen atoms in total. The van der Waals surface area contributed by atoms with Crippen LogP contribution < -0.4 is 11.3 Å². The molecule has 0 saturated carbocycles. The fourth-order valence-corrected chi connectivity index (χ4v) is 2.89. The molecule has 0 atom stereocenters. The van der Waals surface area contributed by atoms with E-state index in [1.165, 1.54) is 0 Å². The van der Waals surface area contributed by atoms with Crippen molar-refractivity contribution in [3.63, 3.8) is 0 Å². The zero-order valence-electron chi connectivity index (χ0n) is 11.8. The zero-order valence-corrected chi connectivity index (χ0v) is 13.4. The van der Waals surface area contributed by atoms with Crippen LogP contribution in [0, 0.1) is 0 Å². The van der Waals surface area contributed by atoms with E-state index in [4.69, 9.17) is 10.6 Å². The maximum atomic E-state index is 11.5. The van der Waals surface area contributed by atoms with Crippen LogP contribution in [0.1, 0.15) is 29.8 Å². The number of hydrogen-bond acceptors (Lipinski definition) is 4. The lowest BCUT2D eigenvalue weighted by molar-refractivity contribution is -0.0883. The standard InChI is InChI=1S/C14H20BrN3O2/c1-14(2)9-18(5-6-20-14)8-11-4-3-10(7-12(11)15)13(19)17-16/h3-4,7H,5-6,8-9,16H2,1-2H3,(H,17,19). The van der Waals surface area contributed by atoms with Gasteiger partial charge < -0.3 is 4.74 Å². The molecule has 2 rings (SSSR count). The van der Waals surface area contributed by atoms with E-state index in [2.05, 4.69) is 40.1 Å². The first-order valence-electron chi connectivity index (χ1n) is 6.57. The van der Waals surface area contributed by atoms with Gasteiger partial charge in [-0.15, -0.1) is 0 Å². The number of nitrogens with zero attached hydrogens (tertiary/aromatic N) is 1. The molecule has 0 bridgehead atoms. The summed E-state index contributed by atoms with van der Waals surface area (Å²) >= 11 is 3.52. The lowest BCUT2D eigenvalue weighted by Gasteiger charge is -2.38. The van der Waals surface area contributed by atoms with Crippen LogP contribution in [0.3, 0.4) is 0 Å². The molecule has 1 aliphatic heterocycles. The van der Waals surface area contributed by atoms with E-state index in [-0.39, 0.29) is 11.5 Å². The molecular formula is C14H20BrN3O2. The van der Waals surface area contributed by atoms with Gasteiger partial charge >= 0.3 is 0 Å². The first kappa shape index (κ1) is 15.4. The number of benzene rings is 1. The molecule has 3 N–H and O–H groups in total. The molecule has 0 aromatic heterocycles. The predicted octanol–water partition coefficient (Wildman–Crippen LogP) is 1.66. The molecule has 1 aromatic rings. The molecule has 1 fully saturated rings. The Morgan fingerprint density at radius 2 is 2.30 bits per heavy atom. The minimum absolute atomic E-state index is 0.107. The third-order valence-corrected chi connectivity index (χ3v) is 4.08. The van der Waals surface area contributed by atoms with Crippen LogP contribution in [0.15, 0.2) is 22.7 Å². The molecule has 1 aromatic carbocycles. The second kappa shape index (κ2) is 6.22. The summed E-state index contributed by atoms with van der Waals surface area (Å²) in [5, 5.41) is 0. The van der Waals surface area contributed by atoms with Crippen molar-refractivity contribution < 1.29 is 9.53 Å². The summed E-state index contributed by atoms with van der Waals surface area (Å²) in [6, 6.07) is 5.54. The molecule has 0 aliphatic carbocycles. The highest BCUT2D eigenvalue weighted by Gasteiger charge is 2.27. The number of nitrogen functional groups attached to an aromatic ring is 1. The average molecular weight is 342 g/mol. The summed E-state index contributed by atoms with van der Waals surface area (Å²) in [6.45, 7) is 7.59. The summed E-state index contributed by atoms with van der Waals surface area (Å²) in [5.74, 6) is 4.85. The zero-order chi connectivity index (χ0) is 14.8. The highest BCUT2D eigenvalue weighted by molar-refractivity contribution is 9.10. The van der Waals surface area contributed by atoms with Gasteiger partial charge in [0.15, 0.2) is 0 Å². The number of amides is 1. The van der Waals surface area contributed by atoms with E-state index in [1.54, 1.807) is 12.1 Å². The van der Waals surface area contributed by atoms with Gasteiger partial charge in [-0.25, -0.2) is 5.84 Å². The topological polar surface area (TPSA) is 67.6 Å². The number of ether oxygens (including phenoxy) is 1. The number of nitrogens with two attached hydrogens (primary N) is 1. The fraction of sp³-hybridized carbons (Fsp3) is 0.500. The number of rotatable bonds is 3. The van der Waals surface area contributed by atoms with Gasteiger partial charge in [-0.1, -0.05) is 22.0 Å². The van der Waals surface area contributed by atoms with E-state index in [9.17, 15) is 4.79 Å². The van der Waals surface area contributed by atoms with Gasteiger partial charge in [0.2, 0.25) is 0 Å². The molecule has 1 heterocycles. The van der Waals surface area contributed by atoms with E-state index >= 15 is 0 Å². The van der Waals surface area contributed by atoms with Gasteiger partial charge in [0.25, 0.3) is 5.91 Å². The van der Waals surface area contributed by atoms with Crippen LogP contribution in [-0.2, 0) is 11.3 Å². The quantitative estimate of drug-likeness (QED) is 0.498. The minimum atomic E-state index is -0.287. The number of morpholine rings is 1. The molecule has 1 saturated heterocycles. The molecule has 6 heteroatoms. The van der Waals surface area contributed by atoms with Crippen LogP contribution in [0.25, 0.3) is 0 Å². The van der Waals surface area contributed by atoms with Gasteiger partial charge in [0.1, 0.15) is 0 Å². The van der Waals surface area contributed by atoms with E-state index in [1.807, 2.05) is 6.07 Å². The van der Waals surface area contributed by atoms with Crippen LogP contribution in [0.4, 0.5) is 0 Å². The smallest absolute Gasteiger partial charge is 0.265 e. The third-order valence-electron chi connectivity index (χ3n) is 3.34. The van der Waals surface area contributed by atoms with Crippen molar-refractivity contribution in [3.8, 4) is 0 Å².